The molecule has 0 saturated carbocycles. The van der Waals surface area contributed by atoms with Crippen molar-refractivity contribution in [2.75, 3.05) is 0 Å². The molecule has 7 heteroatoms. The van der Waals surface area contributed by atoms with Gasteiger partial charge in [-0.3, -0.25) is 9.48 Å². The van der Waals surface area contributed by atoms with Crippen LogP contribution in [0, 0.1) is 0 Å². The van der Waals surface area contributed by atoms with Crippen molar-refractivity contribution in [1.82, 2.24) is 29.9 Å². The van der Waals surface area contributed by atoms with Gasteiger partial charge in [0.25, 0.3) is 0 Å². The summed E-state index contributed by atoms with van der Waals surface area (Å²) in [4.78, 5) is 16.4. The average Bonchev–Trinajstić information content (AvgIpc) is 3.11. The molecule has 2 heterocycles. The van der Waals surface area contributed by atoms with E-state index in [1.807, 2.05) is 31.6 Å². The highest BCUT2D eigenvalue weighted by molar-refractivity contribution is 5.76. The van der Waals surface area contributed by atoms with Gasteiger partial charge in [-0.15, -0.1) is 0 Å². The molecular formula is C14H22N6O. The van der Waals surface area contributed by atoms with Crippen LogP contribution in [0.2, 0.25) is 0 Å². The third kappa shape index (κ3) is 3.68. The van der Waals surface area contributed by atoms with Gasteiger partial charge in [0, 0.05) is 31.9 Å². The van der Waals surface area contributed by atoms with E-state index in [0.717, 1.165) is 24.5 Å². The molecule has 0 bridgehead atoms. The topological polar surface area (TPSA) is 77.6 Å². The standard InChI is InChI=1S/C14H22N6O/c1-4-12(14-15-10-17-20(14)5-2)18-13(21)7-6-11-8-9-16-19(11)3/h8-10,12H,4-7H2,1-3H3,(H,18,21). The molecule has 1 amide bonds. The summed E-state index contributed by atoms with van der Waals surface area (Å²) in [5.41, 5.74) is 1.05. The summed E-state index contributed by atoms with van der Waals surface area (Å²) in [5.74, 6) is 0.836. The third-order valence-corrected chi connectivity index (χ3v) is 3.53. The third-order valence-electron chi connectivity index (χ3n) is 3.53. The molecule has 1 unspecified atom stereocenters. The molecule has 2 rings (SSSR count). The van der Waals surface area contributed by atoms with Gasteiger partial charge in [-0.2, -0.15) is 10.2 Å². The first-order valence-corrected chi connectivity index (χ1v) is 7.29. The van der Waals surface area contributed by atoms with Crippen molar-refractivity contribution in [3.63, 3.8) is 0 Å². The Bertz CT molecular complexity index is 588. The summed E-state index contributed by atoms with van der Waals surface area (Å²) in [6.07, 6.45) is 5.18. The lowest BCUT2D eigenvalue weighted by atomic mass is 10.1. The molecular weight excluding hydrogens is 268 g/mol. The smallest absolute Gasteiger partial charge is 0.220 e. The molecule has 0 radical (unpaired) electrons. The fourth-order valence-electron chi connectivity index (χ4n) is 2.29. The van der Waals surface area contributed by atoms with E-state index in [1.54, 1.807) is 10.9 Å². The second-order valence-electron chi connectivity index (χ2n) is 4.91. The maximum Gasteiger partial charge on any atom is 0.220 e. The molecule has 1 atom stereocenters. The first-order chi connectivity index (χ1) is 10.2. The summed E-state index contributed by atoms with van der Waals surface area (Å²) in [6, 6.07) is 1.84. The zero-order valence-corrected chi connectivity index (χ0v) is 12.8. The van der Waals surface area contributed by atoms with E-state index in [-0.39, 0.29) is 11.9 Å². The summed E-state index contributed by atoms with van der Waals surface area (Å²) in [6.45, 7) is 4.78. The number of nitrogens with zero attached hydrogens (tertiary/aromatic N) is 5. The number of aryl methyl sites for hydroxylation is 3. The average molecular weight is 290 g/mol. The van der Waals surface area contributed by atoms with Crippen molar-refractivity contribution in [2.45, 2.75) is 45.7 Å². The molecule has 0 fully saturated rings. The predicted molar refractivity (Wildman–Crippen MR) is 78.4 cm³/mol. The second-order valence-corrected chi connectivity index (χ2v) is 4.91. The molecule has 114 valence electrons. The van der Waals surface area contributed by atoms with Crippen LogP contribution in [0.25, 0.3) is 0 Å². The van der Waals surface area contributed by atoms with E-state index in [0.29, 0.717) is 12.8 Å². The Morgan fingerprint density at radius 3 is 2.81 bits per heavy atom. The van der Waals surface area contributed by atoms with Gasteiger partial charge < -0.3 is 5.32 Å². The minimum Gasteiger partial charge on any atom is -0.346 e. The van der Waals surface area contributed by atoms with E-state index < -0.39 is 0 Å². The number of rotatable bonds is 7. The molecule has 0 spiro atoms. The van der Waals surface area contributed by atoms with Gasteiger partial charge in [-0.25, -0.2) is 9.67 Å². The van der Waals surface area contributed by atoms with Crippen molar-refractivity contribution in [2.24, 2.45) is 7.05 Å². The number of hydrogen-bond donors (Lipinski definition) is 1. The molecule has 2 aromatic rings. The number of hydrogen-bond acceptors (Lipinski definition) is 4. The maximum absolute atomic E-state index is 12.1. The van der Waals surface area contributed by atoms with Crippen LogP contribution in [0.15, 0.2) is 18.6 Å². The first kappa shape index (κ1) is 15.2. The highest BCUT2D eigenvalue weighted by atomic mass is 16.1. The Kier molecular flexibility index (Phi) is 5.08. The monoisotopic (exact) mass is 290 g/mol. The minimum absolute atomic E-state index is 0.0219. The SMILES string of the molecule is CCC(NC(=O)CCc1ccnn1C)c1ncnn1CC. The number of aromatic nitrogens is 5. The van der Waals surface area contributed by atoms with Crippen LogP contribution >= 0.6 is 0 Å². The molecule has 0 aliphatic carbocycles. The van der Waals surface area contributed by atoms with Crippen LogP contribution in [0.1, 0.15) is 44.2 Å². The fourth-order valence-corrected chi connectivity index (χ4v) is 2.29. The molecule has 1 N–H and O–H groups in total. The predicted octanol–water partition coefficient (Wildman–Crippen LogP) is 1.23. The van der Waals surface area contributed by atoms with Gasteiger partial charge in [0.05, 0.1) is 6.04 Å². The minimum atomic E-state index is -0.0912. The Hall–Kier alpha value is -2.18. The number of nitrogens with one attached hydrogen (secondary N) is 1. The van der Waals surface area contributed by atoms with Crippen molar-refractivity contribution >= 4 is 5.91 Å². The fraction of sp³-hybridized carbons (Fsp3) is 0.571. The van der Waals surface area contributed by atoms with Gasteiger partial charge in [0.15, 0.2) is 0 Å². The Balaban J connectivity index is 1.92. The molecule has 2 aromatic heterocycles. The van der Waals surface area contributed by atoms with Crippen molar-refractivity contribution in [3.8, 4) is 0 Å². The number of carbonyl (C=O) groups excluding carboxylic acids is 1. The summed E-state index contributed by atoms with van der Waals surface area (Å²) in [7, 11) is 1.88. The zero-order valence-electron chi connectivity index (χ0n) is 12.8. The summed E-state index contributed by atoms with van der Waals surface area (Å²) in [5, 5.41) is 11.3. The van der Waals surface area contributed by atoms with E-state index in [9.17, 15) is 4.79 Å². The van der Waals surface area contributed by atoms with Gasteiger partial charge in [0.2, 0.25) is 5.91 Å². The maximum atomic E-state index is 12.1. The molecule has 0 aliphatic rings. The lowest BCUT2D eigenvalue weighted by molar-refractivity contribution is -0.121. The Labute approximate surface area is 124 Å². The van der Waals surface area contributed by atoms with Crippen molar-refractivity contribution < 1.29 is 4.79 Å². The second kappa shape index (κ2) is 7.01. The largest absolute Gasteiger partial charge is 0.346 e. The molecule has 0 saturated heterocycles. The van der Waals surface area contributed by atoms with Crippen LogP contribution in [0.3, 0.4) is 0 Å². The van der Waals surface area contributed by atoms with Gasteiger partial charge in [0.1, 0.15) is 12.2 Å². The van der Waals surface area contributed by atoms with E-state index in [1.165, 1.54) is 6.33 Å². The van der Waals surface area contributed by atoms with Crippen LogP contribution in [-0.2, 0) is 24.8 Å². The quantitative estimate of drug-likeness (QED) is 0.832. The molecule has 21 heavy (non-hydrogen) atoms. The van der Waals surface area contributed by atoms with E-state index in [4.69, 9.17) is 0 Å². The summed E-state index contributed by atoms with van der Waals surface area (Å²) < 4.78 is 3.61. The van der Waals surface area contributed by atoms with E-state index in [2.05, 4.69) is 20.5 Å². The van der Waals surface area contributed by atoms with Crippen LogP contribution in [0.4, 0.5) is 0 Å². The number of carbonyl (C=O) groups is 1. The van der Waals surface area contributed by atoms with Crippen LogP contribution in [0.5, 0.6) is 0 Å². The lowest BCUT2D eigenvalue weighted by Crippen LogP contribution is -2.30. The van der Waals surface area contributed by atoms with Crippen molar-refractivity contribution in [3.05, 3.63) is 30.1 Å². The molecule has 7 nitrogen and oxygen atoms in total. The number of amides is 1. The van der Waals surface area contributed by atoms with Gasteiger partial charge >= 0.3 is 0 Å². The lowest BCUT2D eigenvalue weighted by Gasteiger charge is -2.16. The van der Waals surface area contributed by atoms with Crippen molar-refractivity contribution in [1.29, 1.82) is 0 Å². The first-order valence-electron chi connectivity index (χ1n) is 7.29. The summed E-state index contributed by atoms with van der Waals surface area (Å²) >= 11 is 0. The van der Waals surface area contributed by atoms with Crippen LogP contribution < -0.4 is 5.32 Å². The van der Waals surface area contributed by atoms with E-state index >= 15 is 0 Å². The van der Waals surface area contributed by atoms with Gasteiger partial charge in [-0.1, -0.05) is 6.92 Å². The molecule has 0 aliphatic heterocycles. The normalized spacial score (nSPS) is 12.3. The highest BCUT2D eigenvalue weighted by Gasteiger charge is 2.18. The Morgan fingerprint density at radius 2 is 2.19 bits per heavy atom. The van der Waals surface area contributed by atoms with Gasteiger partial charge in [-0.05, 0) is 25.8 Å². The zero-order chi connectivity index (χ0) is 15.2. The highest BCUT2D eigenvalue weighted by Crippen LogP contribution is 2.14. The Morgan fingerprint density at radius 1 is 1.38 bits per heavy atom. The molecule has 0 aromatic carbocycles. The van der Waals surface area contributed by atoms with Crippen LogP contribution in [-0.4, -0.2) is 30.5 Å².